The number of ether oxygens (including phenoxy) is 2. The average molecular weight is 356 g/mol. The minimum absolute atomic E-state index is 0.115. The molecular formula is C20H24N2O4. The molecule has 138 valence electrons. The zero-order valence-corrected chi connectivity index (χ0v) is 15.3. The van der Waals surface area contributed by atoms with Gasteiger partial charge in [0.05, 0.1) is 6.54 Å². The summed E-state index contributed by atoms with van der Waals surface area (Å²) >= 11 is 0. The van der Waals surface area contributed by atoms with E-state index in [1.807, 2.05) is 26.0 Å². The van der Waals surface area contributed by atoms with Crippen molar-refractivity contribution in [1.82, 2.24) is 4.90 Å². The summed E-state index contributed by atoms with van der Waals surface area (Å²) < 4.78 is 10.9. The Morgan fingerprint density at radius 2 is 1.58 bits per heavy atom. The molecule has 0 aliphatic rings. The van der Waals surface area contributed by atoms with Crippen LogP contribution in [0.25, 0.3) is 0 Å². The van der Waals surface area contributed by atoms with E-state index in [1.54, 1.807) is 36.2 Å². The SMILES string of the molecule is Cc1cc(C)cc(OCCN(C)C(=O)c2ccc(OCC(N)=O)cc2)c1. The minimum atomic E-state index is -0.548. The number of amides is 2. The molecule has 2 N–H and O–H groups in total. The second-order valence-corrected chi connectivity index (χ2v) is 6.18. The van der Waals surface area contributed by atoms with Crippen LogP contribution >= 0.6 is 0 Å². The van der Waals surface area contributed by atoms with Crippen molar-refractivity contribution in [3.8, 4) is 11.5 Å². The van der Waals surface area contributed by atoms with E-state index in [0.717, 1.165) is 16.9 Å². The zero-order chi connectivity index (χ0) is 19.1. The van der Waals surface area contributed by atoms with Gasteiger partial charge in [-0.2, -0.15) is 0 Å². The third-order valence-corrected chi connectivity index (χ3v) is 3.72. The van der Waals surface area contributed by atoms with Crippen molar-refractivity contribution in [2.24, 2.45) is 5.73 Å². The van der Waals surface area contributed by atoms with Crippen molar-refractivity contribution in [3.63, 3.8) is 0 Å². The molecule has 2 aromatic carbocycles. The van der Waals surface area contributed by atoms with Gasteiger partial charge in [-0.3, -0.25) is 9.59 Å². The van der Waals surface area contributed by atoms with E-state index in [-0.39, 0.29) is 12.5 Å². The normalized spacial score (nSPS) is 10.3. The zero-order valence-electron chi connectivity index (χ0n) is 15.3. The van der Waals surface area contributed by atoms with Crippen molar-refractivity contribution in [2.45, 2.75) is 13.8 Å². The summed E-state index contributed by atoms with van der Waals surface area (Å²) in [5.74, 6) is 0.629. The first kappa shape index (κ1) is 19.3. The molecule has 0 aromatic heterocycles. The summed E-state index contributed by atoms with van der Waals surface area (Å²) in [6.45, 7) is 4.72. The number of primary amides is 1. The quantitative estimate of drug-likeness (QED) is 0.787. The molecule has 2 rings (SSSR count). The number of nitrogens with two attached hydrogens (primary N) is 1. The number of aryl methyl sites for hydroxylation is 2. The Hall–Kier alpha value is -3.02. The predicted octanol–water partition coefficient (Wildman–Crippen LogP) is 2.32. The standard InChI is InChI=1S/C20H24N2O4/c1-14-10-15(2)12-18(11-14)25-9-8-22(3)20(24)16-4-6-17(7-5-16)26-13-19(21)23/h4-7,10-12H,8-9,13H2,1-3H3,(H2,21,23). The first-order valence-electron chi connectivity index (χ1n) is 8.33. The van der Waals surface area contributed by atoms with Crippen molar-refractivity contribution in [2.75, 3.05) is 26.8 Å². The molecule has 0 aliphatic carbocycles. The van der Waals surface area contributed by atoms with E-state index in [1.165, 1.54) is 0 Å². The lowest BCUT2D eigenvalue weighted by molar-refractivity contribution is -0.119. The van der Waals surface area contributed by atoms with Gasteiger partial charge in [0.2, 0.25) is 0 Å². The number of likely N-dealkylation sites (N-methyl/N-ethyl adjacent to an activating group) is 1. The van der Waals surface area contributed by atoms with Crippen LogP contribution in [0.3, 0.4) is 0 Å². The van der Waals surface area contributed by atoms with Gasteiger partial charge in [-0.1, -0.05) is 6.07 Å². The van der Waals surface area contributed by atoms with Crippen molar-refractivity contribution >= 4 is 11.8 Å². The number of carbonyl (C=O) groups excluding carboxylic acids is 2. The molecule has 2 amide bonds. The molecule has 0 atom stereocenters. The van der Waals surface area contributed by atoms with Gasteiger partial charge in [0, 0.05) is 12.6 Å². The summed E-state index contributed by atoms with van der Waals surface area (Å²) in [7, 11) is 1.73. The van der Waals surface area contributed by atoms with Crippen molar-refractivity contribution in [3.05, 3.63) is 59.2 Å². The molecule has 0 radical (unpaired) electrons. The Morgan fingerprint density at radius 1 is 0.962 bits per heavy atom. The molecule has 0 fully saturated rings. The molecule has 6 heteroatoms. The Kier molecular flexibility index (Phi) is 6.60. The van der Waals surface area contributed by atoms with E-state index in [0.29, 0.717) is 24.5 Å². The topological polar surface area (TPSA) is 81.9 Å². The number of carbonyl (C=O) groups is 2. The number of hydrogen-bond acceptors (Lipinski definition) is 4. The highest BCUT2D eigenvalue weighted by Crippen LogP contribution is 2.16. The van der Waals surface area contributed by atoms with Crippen LogP contribution in [0.5, 0.6) is 11.5 Å². The average Bonchev–Trinajstić information content (AvgIpc) is 2.59. The monoisotopic (exact) mass is 356 g/mol. The maximum absolute atomic E-state index is 12.4. The van der Waals surface area contributed by atoms with E-state index < -0.39 is 5.91 Å². The smallest absolute Gasteiger partial charge is 0.255 e. The molecule has 0 spiro atoms. The van der Waals surface area contributed by atoms with Crippen LogP contribution < -0.4 is 15.2 Å². The number of nitrogens with zero attached hydrogens (tertiary/aromatic N) is 1. The lowest BCUT2D eigenvalue weighted by Gasteiger charge is -2.18. The van der Waals surface area contributed by atoms with Gasteiger partial charge in [-0.25, -0.2) is 0 Å². The first-order valence-corrected chi connectivity index (χ1v) is 8.33. The van der Waals surface area contributed by atoms with Gasteiger partial charge < -0.3 is 20.1 Å². The van der Waals surface area contributed by atoms with Crippen LogP contribution in [0.15, 0.2) is 42.5 Å². The van der Waals surface area contributed by atoms with Gasteiger partial charge in [-0.05, 0) is 61.4 Å². The molecule has 26 heavy (non-hydrogen) atoms. The highest BCUT2D eigenvalue weighted by molar-refractivity contribution is 5.94. The lowest BCUT2D eigenvalue weighted by Crippen LogP contribution is -2.30. The first-order chi connectivity index (χ1) is 12.3. The number of benzene rings is 2. The van der Waals surface area contributed by atoms with E-state index in [9.17, 15) is 9.59 Å². The minimum Gasteiger partial charge on any atom is -0.492 e. The molecule has 6 nitrogen and oxygen atoms in total. The van der Waals surface area contributed by atoms with Crippen LogP contribution in [0.4, 0.5) is 0 Å². The summed E-state index contributed by atoms with van der Waals surface area (Å²) in [4.78, 5) is 24.7. The molecule has 0 saturated carbocycles. The predicted molar refractivity (Wildman–Crippen MR) is 99.5 cm³/mol. The second-order valence-electron chi connectivity index (χ2n) is 6.18. The Balaban J connectivity index is 1.85. The highest BCUT2D eigenvalue weighted by atomic mass is 16.5. The van der Waals surface area contributed by atoms with E-state index in [4.69, 9.17) is 15.2 Å². The summed E-state index contributed by atoms with van der Waals surface area (Å²) in [5, 5.41) is 0. The Bertz CT molecular complexity index is 752. The van der Waals surface area contributed by atoms with Crippen LogP contribution in [0, 0.1) is 13.8 Å². The molecule has 2 aromatic rings. The third kappa shape index (κ3) is 5.81. The third-order valence-electron chi connectivity index (χ3n) is 3.72. The summed E-state index contributed by atoms with van der Waals surface area (Å²) in [6, 6.07) is 12.6. The molecular weight excluding hydrogens is 332 g/mol. The van der Waals surface area contributed by atoms with Gasteiger partial charge in [0.25, 0.3) is 11.8 Å². The van der Waals surface area contributed by atoms with Crippen molar-refractivity contribution in [1.29, 1.82) is 0 Å². The molecule has 0 bridgehead atoms. The largest absolute Gasteiger partial charge is 0.492 e. The summed E-state index contributed by atoms with van der Waals surface area (Å²) in [6.07, 6.45) is 0. The Labute approximate surface area is 153 Å². The van der Waals surface area contributed by atoms with E-state index >= 15 is 0 Å². The van der Waals surface area contributed by atoms with Crippen LogP contribution in [-0.4, -0.2) is 43.5 Å². The number of rotatable bonds is 8. The highest BCUT2D eigenvalue weighted by Gasteiger charge is 2.12. The lowest BCUT2D eigenvalue weighted by atomic mass is 10.1. The molecule has 0 aliphatic heterocycles. The number of hydrogen-bond donors (Lipinski definition) is 1. The maximum atomic E-state index is 12.4. The van der Waals surface area contributed by atoms with Crippen LogP contribution in [0.1, 0.15) is 21.5 Å². The van der Waals surface area contributed by atoms with Gasteiger partial charge in [0.15, 0.2) is 6.61 Å². The van der Waals surface area contributed by atoms with Crippen LogP contribution in [-0.2, 0) is 4.79 Å². The van der Waals surface area contributed by atoms with Gasteiger partial charge in [0.1, 0.15) is 18.1 Å². The molecule has 0 heterocycles. The Morgan fingerprint density at radius 3 is 2.15 bits per heavy atom. The van der Waals surface area contributed by atoms with Crippen LogP contribution in [0.2, 0.25) is 0 Å². The maximum Gasteiger partial charge on any atom is 0.255 e. The van der Waals surface area contributed by atoms with Gasteiger partial charge in [-0.15, -0.1) is 0 Å². The fraction of sp³-hybridized carbons (Fsp3) is 0.300. The molecule has 0 saturated heterocycles. The fourth-order valence-corrected chi connectivity index (χ4v) is 2.49. The summed E-state index contributed by atoms with van der Waals surface area (Å²) in [5.41, 5.74) is 7.84. The van der Waals surface area contributed by atoms with Gasteiger partial charge >= 0.3 is 0 Å². The second kappa shape index (κ2) is 8.89. The van der Waals surface area contributed by atoms with E-state index in [2.05, 4.69) is 6.07 Å². The van der Waals surface area contributed by atoms with Crippen molar-refractivity contribution < 1.29 is 19.1 Å². The molecule has 0 unspecified atom stereocenters. The fourth-order valence-electron chi connectivity index (χ4n) is 2.49.